The van der Waals surface area contributed by atoms with Crippen LogP contribution in [-0.4, -0.2) is 32.4 Å². The third kappa shape index (κ3) is 1.75. The number of carbonyl (C=O) groups is 1. The molecule has 1 fully saturated rings. The van der Waals surface area contributed by atoms with E-state index in [1.165, 1.54) is 0 Å². The molecule has 1 heterocycles. The molecule has 1 unspecified atom stereocenters. The molecule has 0 aromatic rings. The van der Waals surface area contributed by atoms with E-state index in [-0.39, 0.29) is 18.6 Å². The molecule has 0 amide bonds. The minimum absolute atomic E-state index is 0.000324. The van der Waals surface area contributed by atoms with E-state index in [1.807, 2.05) is 0 Å². The smallest absolute Gasteiger partial charge is 0.147 e. The van der Waals surface area contributed by atoms with Crippen LogP contribution in [-0.2, 0) is 4.79 Å². The quantitative estimate of drug-likeness (QED) is 0.640. The van der Waals surface area contributed by atoms with E-state index in [4.69, 9.17) is 0 Å². The first-order valence-electron chi connectivity index (χ1n) is 4.55. The lowest BCUT2D eigenvalue weighted by Gasteiger charge is -2.47. The van der Waals surface area contributed by atoms with Gasteiger partial charge in [-0.3, -0.25) is 4.79 Å². The van der Waals surface area contributed by atoms with Gasteiger partial charge < -0.3 is 10.3 Å². The zero-order valence-electron chi connectivity index (χ0n) is 8.37. The van der Waals surface area contributed by atoms with Gasteiger partial charge in [0.2, 0.25) is 0 Å². The Hall–Kier alpha value is -0.450. The number of carbonyl (C=O) groups excluding carboxylic acids is 1. The van der Waals surface area contributed by atoms with Gasteiger partial charge in [-0.1, -0.05) is 6.92 Å². The van der Waals surface area contributed by atoms with Crippen LogP contribution < -0.4 is 0 Å². The third-order valence-corrected chi connectivity index (χ3v) is 2.64. The van der Waals surface area contributed by atoms with Gasteiger partial charge in [0, 0.05) is 6.42 Å². The lowest BCUT2D eigenvalue weighted by atomic mass is 9.84. The van der Waals surface area contributed by atoms with E-state index in [0.29, 0.717) is 6.42 Å². The number of piperidine rings is 1. The average Bonchev–Trinajstić information content (AvgIpc) is 1.99. The molecule has 1 atom stereocenters. The van der Waals surface area contributed by atoms with E-state index in [9.17, 15) is 15.1 Å². The minimum Gasteiger partial charge on any atom is -0.373 e. The van der Waals surface area contributed by atoms with Crippen LogP contribution in [0.5, 0.6) is 0 Å². The van der Waals surface area contributed by atoms with Crippen molar-refractivity contribution in [2.45, 2.75) is 51.3 Å². The molecule has 0 aromatic heterocycles. The lowest BCUT2D eigenvalue weighted by Crippen LogP contribution is -2.61. The Kier molecular flexibility index (Phi) is 2.49. The van der Waals surface area contributed by atoms with Gasteiger partial charge in [0.15, 0.2) is 0 Å². The van der Waals surface area contributed by atoms with Gasteiger partial charge in [0.1, 0.15) is 11.5 Å². The molecule has 0 saturated carbocycles. The summed E-state index contributed by atoms with van der Waals surface area (Å²) in [6.45, 7) is 5.23. The Labute approximate surface area is 78.1 Å². The number of aliphatic hydroxyl groups is 1. The summed E-state index contributed by atoms with van der Waals surface area (Å²) in [6, 6.07) is 0. The van der Waals surface area contributed by atoms with Crippen molar-refractivity contribution in [3.05, 3.63) is 0 Å². The fraction of sp³-hybridized carbons (Fsp3) is 0.889. The second kappa shape index (κ2) is 3.04. The Bertz CT molecular complexity index is 227. The fourth-order valence-electron chi connectivity index (χ4n) is 1.85. The molecule has 0 aromatic carbocycles. The first-order valence-corrected chi connectivity index (χ1v) is 4.55. The Balaban J connectivity index is 2.94. The molecule has 4 heteroatoms. The summed E-state index contributed by atoms with van der Waals surface area (Å²) in [4.78, 5) is 11.3. The molecule has 2 N–H and O–H groups in total. The molecule has 13 heavy (non-hydrogen) atoms. The molecule has 1 aliphatic heterocycles. The maximum atomic E-state index is 11.3. The van der Waals surface area contributed by atoms with Crippen LogP contribution in [0.25, 0.3) is 0 Å². The normalized spacial score (nSPS) is 35.0. The lowest BCUT2D eigenvalue weighted by molar-refractivity contribution is -0.315. The monoisotopic (exact) mass is 187 g/mol. The van der Waals surface area contributed by atoms with E-state index < -0.39 is 11.3 Å². The maximum absolute atomic E-state index is 11.3. The molecule has 76 valence electrons. The summed E-state index contributed by atoms with van der Waals surface area (Å²) in [5, 5.41) is 20.5. The van der Waals surface area contributed by atoms with Gasteiger partial charge in [-0.25, -0.2) is 0 Å². The topological polar surface area (TPSA) is 60.8 Å². The van der Waals surface area contributed by atoms with Crippen LogP contribution in [0.1, 0.15) is 40.0 Å². The van der Waals surface area contributed by atoms with Crippen LogP contribution in [0, 0.1) is 0 Å². The van der Waals surface area contributed by atoms with Crippen LogP contribution in [0.4, 0.5) is 0 Å². The number of rotatable bonds is 1. The molecule has 1 rings (SSSR count). The second-order valence-electron chi connectivity index (χ2n) is 4.35. The van der Waals surface area contributed by atoms with Crippen molar-refractivity contribution in [2.75, 3.05) is 0 Å². The van der Waals surface area contributed by atoms with Crippen LogP contribution in [0.15, 0.2) is 0 Å². The van der Waals surface area contributed by atoms with Gasteiger partial charge in [-0.05, 0) is 20.3 Å². The first kappa shape index (κ1) is 10.6. The molecule has 1 saturated heterocycles. The summed E-state index contributed by atoms with van der Waals surface area (Å²) in [5.41, 5.74) is -2.04. The molecule has 0 bridgehead atoms. The SMILES string of the molecule is CCC1(O)CC(=O)CC(C)(C)N1O. The van der Waals surface area contributed by atoms with E-state index in [1.54, 1.807) is 20.8 Å². The van der Waals surface area contributed by atoms with Crippen molar-refractivity contribution in [2.24, 2.45) is 0 Å². The highest BCUT2D eigenvalue weighted by Crippen LogP contribution is 2.35. The highest BCUT2D eigenvalue weighted by molar-refractivity contribution is 5.81. The third-order valence-electron chi connectivity index (χ3n) is 2.64. The summed E-state index contributed by atoms with van der Waals surface area (Å²) >= 11 is 0. The Morgan fingerprint density at radius 1 is 1.46 bits per heavy atom. The largest absolute Gasteiger partial charge is 0.373 e. The summed E-state index contributed by atoms with van der Waals surface area (Å²) < 4.78 is 0. The Morgan fingerprint density at radius 2 is 2.00 bits per heavy atom. The molecule has 1 aliphatic rings. The van der Waals surface area contributed by atoms with E-state index in [0.717, 1.165) is 5.06 Å². The maximum Gasteiger partial charge on any atom is 0.147 e. The van der Waals surface area contributed by atoms with E-state index in [2.05, 4.69) is 0 Å². The van der Waals surface area contributed by atoms with Crippen molar-refractivity contribution in [3.63, 3.8) is 0 Å². The number of hydrogen-bond acceptors (Lipinski definition) is 4. The van der Waals surface area contributed by atoms with Crippen LogP contribution in [0.3, 0.4) is 0 Å². The van der Waals surface area contributed by atoms with Crippen molar-refractivity contribution in [1.29, 1.82) is 0 Å². The molecular weight excluding hydrogens is 170 g/mol. The predicted octanol–water partition coefficient (Wildman–Crippen LogP) is 0.918. The zero-order chi connectivity index (χ0) is 10.3. The number of hydroxylamine groups is 2. The highest BCUT2D eigenvalue weighted by Gasteiger charge is 2.48. The Morgan fingerprint density at radius 3 is 2.46 bits per heavy atom. The molecule has 4 nitrogen and oxygen atoms in total. The van der Waals surface area contributed by atoms with Gasteiger partial charge >= 0.3 is 0 Å². The van der Waals surface area contributed by atoms with Crippen LogP contribution in [0.2, 0.25) is 0 Å². The van der Waals surface area contributed by atoms with Gasteiger partial charge in [0.25, 0.3) is 0 Å². The predicted molar refractivity (Wildman–Crippen MR) is 47.2 cm³/mol. The molecule has 0 aliphatic carbocycles. The van der Waals surface area contributed by atoms with Crippen molar-refractivity contribution in [1.82, 2.24) is 5.06 Å². The minimum atomic E-state index is -1.38. The van der Waals surface area contributed by atoms with Gasteiger partial charge in [-0.15, -0.1) is 0 Å². The summed E-state index contributed by atoms with van der Waals surface area (Å²) in [6.07, 6.45) is 0.647. The number of hydrogen-bond donors (Lipinski definition) is 2. The molecule has 0 spiro atoms. The van der Waals surface area contributed by atoms with Gasteiger partial charge in [0.05, 0.1) is 12.0 Å². The van der Waals surface area contributed by atoms with Crippen molar-refractivity contribution >= 4 is 5.78 Å². The first-order chi connectivity index (χ1) is 5.82. The number of nitrogens with zero attached hydrogens (tertiary/aromatic N) is 1. The van der Waals surface area contributed by atoms with Gasteiger partial charge in [-0.2, -0.15) is 5.06 Å². The number of ketones is 1. The zero-order valence-corrected chi connectivity index (χ0v) is 8.37. The standard InChI is InChI=1S/C9H17NO3/c1-4-9(12)6-7(11)5-8(2,3)10(9)13/h12-13H,4-6H2,1-3H3. The average molecular weight is 187 g/mol. The summed E-state index contributed by atoms with van der Waals surface area (Å²) in [7, 11) is 0. The molecular formula is C9H17NO3. The number of Topliss-reactive ketones (excluding diaryl/α,β-unsaturated/α-hetero) is 1. The van der Waals surface area contributed by atoms with Crippen molar-refractivity contribution < 1.29 is 15.1 Å². The fourth-order valence-corrected chi connectivity index (χ4v) is 1.85. The van der Waals surface area contributed by atoms with E-state index >= 15 is 0 Å². The summed E-state index contributed by atoms with van der Waals surface area (Å²) in [5.74, 6) is -0.000324. The highest BCUT2D eigenvalue weighted by atomic mass is 16.5. The van der Waals surface area contributed by atoms with Crippen molar-refractivity contribution in [3.8, 4) is 0 Å². The van der Waals surface area contributed by atoms with Crippen LogP contribution >= 0.6 is 0 Å². The second-order valence-corrected chi connectivity index (χ2v) is 4.35. The molecule has 0 radical (unpaired) electrons.